The summed E-state index contributed by atoms with van der Waals surface area (Å²) in [6.45, 7) is -34.4. The van der Waals surface area contributed by atoms with Crippen LogP contribution in [0.15, 0.2) is 201 Å². The van der Waals surface area contributed by atoms with Crippen LogP contribution in [0.25, 0.3) is 44.1 Å². The summed E-state index contributed by atoms with van der Waals surface area (Å²) in [6.07, 6.45) is -27.0. The highest BCUT2D eigenvalue weighted by molar-refractivity contribution is 7.98. The van der Waals surface area contributed by atoms with Crippen LogP contribution in [0.5, 0.6) is 0 Å². The number of thioether (sulfide) groups is 2. The van der Waals surface area contributed by atoms with Crippen molar-refractivity contribution in [1.29, 1.82) is 0 Å². The fraction of sp³-hybridized carbons (Fsp3) is 0.317. The van der Waals surface area contributed by atoms with Gasteiger partial charge >= 0.3 is 12.4 Å². The molecule has 0 aliphatic carbocycles. The predicted octanol–water partition coefficient (Wildman–Crippen LogP) is 17.4. The van der Waals surface area contributed by atoms with E-state index in [0.29, 0.717) is 27.0 Å². The molecule has 12 nitrogen and oxygen atoms in total. The van der Waals surface area contributed by atoms with Gasteiger partial charge in [0.05, 0.1) is 70.0 Å². The van der Waals surface area contributed by atoms with Gasteiger partial charge in [0.2, 0.25) is 11.8 Å². The van der Waals surface area contributed by atoms with Crippen molar-refractivity contribution in [3.63, 3.8) is 0 Å². The highest BCUT2D eigenvalue weighted by atomic mass is 32.2. The molecule has 2 amide bonds. The first-order valence-electron chi connectivity index (χ1n) is 49.0. The number of rotatable bonds is 24. The molecule has 24 heteroatoms. The second-order valence-electron chi connectivity index (χ2n) is 22.4. The number of carbonyl (C=O) groups excluding carboxylic acids is 2. The number of hydrogen-bond acceptors (Lipinski definition) is 10. The lowest BCUT2D eigenvalue weighted by Gasteiger charge is -2.39. The average Bonchev–Trinajstić information content (AvgIpc) is 0.661. The van der Waals surface area contributed by atoms with Gasteiger partial charge in [-0.3, -0.25) is 19.2 Å². The van der Waals surface area contributed by atoms with E-state index in [1.165, 1.54) is 6.92 Å². The molecule has 2 saturated heterocycles. The summed E-state index contributed by atoms with van der Waals surface area (Å²) < 4.78 is 473. The largest absolute Gasteiger partial charge is 0.416 e. The van der Waals surface area contributed by atoms with Crippen LogP contribution in [-0.4, -0.2) is 119 Å². The third kappa shape index (κ3) is 19.6. The number of pyridine rings is 2. The lowest BCUT2D eigenvalue weighted by atomic mass is 10.00. The number of fused-ring (bicyclic) bond motifs is 2. The maximum Gasteiger partial charge on any atom is 0.416 e. The van der Waals surface area contributed by atoms with E-state index in [4.69, 9.17) is 30.2 Å². The van der Waals surface area contributed by atoms with Crippen LogP contribution >= 0.6 is 23.5 Å². The minimum absolute atomic E-state index is 0.0878. The van der Waals surface area contributed by atoms with E-state index in [1.54, 1.807) is 0 Å². The third-order valence-corrected chi connectivity index (χ3v) is 17.1. The molecule has 2 aliphatic rings. The van der Waals surface area contributed by atoms with Crippen molar-refractivity contribution in [2.75, 3.05) is 66.4 Å². The Balaban J connectivity index is 0.000000271. The second-order valence-corrected chi connectivity index (χ2v) is 24.2. The van der Waals surface area contributed by atoms with E-state index in [2.05, 4.69) is 9.47 Å². The molecule has 0 saturated carbocycles. The van der Waals surface area contributed by atoms with Crippen LogP contribution in [0.1, 0.15) is 119 Å². The summed E-state index contributed by atoms with van der Waals surface area (Å²) in [4.78, 5) is 57.4. The van der Waals surface area contributed by atoms with Gasteiger partial charge in [-0.25, -0.2) is 17.6 Å². The highest BCUT2D eigenvalue weighted by Gasteiger charge is 2.34. The van der Waals surface area contributed by atoms with Gasteiger partial charge in [0.25, 0.3) is 0 Å². The van der Waals surface area contributed by atoms with Gasteiger partial charge in [0, 0.05) is 148 Å². The summed E-state index contributed by atoms with van der Waals surface area (Å²) >= 11 is 0.101. The average molecular weight is 1540 g/mol. The zero-order valence-electron chi connectivity index (χ0n) is 91.5. The SMILES string of the molecule is [2H]c1c(C)c([2H])c2c(=O)c([2H])c(SC([2H])([2H])c3cccc(F)c3F)n(CC(=O)N(C([2H])([2H])c3ccc(-c4ccc(C(F)(F)F)cc4)cc3)C3([2H])C([2H])([2H])C([2H])([2H])N(CC([2H])([2H])OC)C([2H])([2H])C3([2H])[2H])c2c1[2H].[2H]c1c(C)c([2H])c2c(=O)c([2H])c(SCc3cccc(F)c3F)n(CC(=O)N(C([2H])([2H])c3ccc(-c4ccc(C(F)(F)F)cc4)cc3)C3([2H])C([2H])([2H])C([2H])([2H])N(CC([2H])([2H])OC)C([2H])([2H])C3([2H])[2H])c2c1[2H]. The van der Waals surface area contributed by atoms with E-state index in [-0.39, 0.29) is 60.5 Å². The number of amides is 2. The van der Waals surface area contributed by atoms with E-state index in [9.17, 15) is 68.3 Å². The summed E-state index contributed by atoms with van der Waals surface area (Å²) in [5, 5.41) is -3.43. The molecule has 0 unspecified atom stereocenters. The molecule has 106 heavy (non-hydrogen) atoms. The first kappa shape index (κ1) is 43.7. The van der Waals surface area contributed by atoms with Crippen molar-refractivity contribution in [1.82, 2.24) is 28.7 Å². The summed E-state index contributed by atoms with van der Waals surface area (Å²) in [5.41, 5.74) is -12.8. The molecule has 2 aliphatic heterocycles. The molecule has 556 valence electrons. The molecule has 8 aromatic carbocycles. The normalized spacial score (nSPS) is 24.2. The van der Waals surface area contributed by atoms with Crippen molar-refractivity contribution < 1.29 is 112 Å². The Morgan fingerprint density at radius 1 is 0.528 bits per heavy atom. The molecule has 0 bridgehead atoms. The number of aromatic nitrogens is 2. The fourth-order valence-electron chi connectivity index (χ4n) is 9.94. The number of likely N-dealkylation sites (tertiary alicyclic amines) is 2. The number of benzene rings is 8. The monoisotopic (exact) mass is 1530 g/mol. The summed E-state index contributed by atoms with van der Waals surface area (Å²) in [5.74, 6) is -10.7. The van der Waals surface area contributed by atoms with Crippen LogP contribution < -0.4 is 10.9 Å². The molecule has 2 fully saturated rings. The van der Waals surface area contributed by atoms with E-state index < -0.39 is 303 Å². The first-order chi connectivity index (χ1) is 64.7. The fourth-order valence-corrected chi connectivity index (χ4v) is 11.7. The van der Waals surface area contributed by atoms with E-state index >= 15 is 14.0 Å². The Bertz CT molecular complexity index is 6720. The minimum Gasteiger partial charge on any atom is -0.383 e. The molecular weight excluding hydrogens is 1420 g/mol. The van der Waals surface area contributed by atoms with Crippen molar-refractivity contribution >= 4 is 57.1 Å². The Morgan fingerprint density at radius 2 is 0.896 bits per heavy atom. The number of nitrogens with zero attached hydrogens (tertiary/aromatic N) is 6. The van der Waals surface area contributed by atoms with Crippen molar-refractivity contribution in [3.05, 3.63) is 270 Å². The number of methoxy groups -OCH3 is 2. The molecule has 12 rings (SSSR count). The lowest BCUT2D eigenvalue weighted by Crippen LogP contribution is -2.48. The molecule has 0 spiro atoms. The molecule has 0 N–H and O–H groups in total. The standard InChI is InChI=1S/2C41H40F5N3O3S/c2*1-27-6-15-36-34(22-27)37(50)23-39(53-26-31-4-3-5-35(42)40(31)43)49(36)25-38(51)48(33-16-18-47(19-17-33)20-21-52-2)24-28-7-9-29(10-8-28)30-11-13-32(14-12-30)41(44,45)46/h2*3-15,22-23,33H,16-21,24-26H2,1-2H3/i6D,15D,16D2,17D2,18D2,19D2,21D2,22D,23D,24D2,26D2,33D;6D,15D,16D2,17D2,18D2,19D2,21D2,22D,23D,24D2,33D. The van der Waals surface area contributed by atoms with Gasteiger partial charge in [-0.15, -0.1) is 23.5 Å². The Labute approximate surface area is 667 Å². The minimum atomic E-state index is -4.73. The van der Waals surface area contributed by atoms with Crippen LogP contribution in [0.3, 0.4) is 0 Å². The second kappa shape index (κ2) is 35.1. The maximum absolute atomic E-state index is 15.5. The van der Waals surface area contributed by atoms with E-state index in [1.807, 2.05) is 0 Å². The van der Waals surface area contributed by atoms with Gasteiger partial charge in [-0.1, -0.05) is 120 Å². The summed E-state index contributed by atoms with van der Waals surface area (Å²) in [7, 11) is 1.55. The van der Waals surface area contributed by atoms with Crippen LogP contribution in [0.2, 0.25) is 0 Å². The van der Waals surface area contributed by atoms with Crippen LogP contribution in [0.4, 0.5) is 43.9 Å². The number of piperidine rings is 2. The van der Waals surface area contributed by atoms with Crippen LogP contribution in [-0.2, 0) is 69.0 Å². The Morgan fingerprint density at radius 3 is 1.28 bits per heavy atom. The molecule has 10 aromatic rings. The highest BCUT2D eigenvalue weighted by Crippen LogP contribution is 2.36. The van der Waals surface area contributed by atoms with E-state index in [0.717, 1.165) is 149 Å². The van der Waals surface area contributed by atoms with Crippen molar-refractivity contribution in [2.24, 2.45) is 0 Å². The van der Waals surface area contributed by atoms with Crippen LogP contribution in [0, 0.1) is 37.1 Å². The topological polar surface area (TPSA) is 110 Å². The Hall–Kier alpha value is -9.04. The maximum atomic E-state index is 15.5. The smallest absolute Gasteiger partial charge is 0.383 e. The number of halogens is 10. The zero-order valence-corrected chi connectivity index (χ0v) is 57.1. The van der Waals surface area contributed by atoms with Crippen molar-refractivity contribution in [2.45, 2.75) is 111 Å². The van der Waals surface area contributed by atoms with Gasteiger partial charge < -0.3 is 38.2 Å². The quantitative estimate of drug-likeness (QED) is 0.0428. The lowest BCUT2D eigenvalue weighted by molar-refractivity contribution is -0.138. The molecular formula is C82H80F10N6O6S2. The third-order valence-electron chi connectivity index (χ3n) is 15.2. The van der Waals surface area contributed by atoms with Gasteiger partial charge in [-0.05, 0) is 133 Å². The summed E-state index contributed by atoms with van der Waals surface area (Å²) in [6, 6.07) is 4.09. The molecule has 0 radical (unpaired) electrons. The van der Waals surface area contributed by atoms with Gasteiger partial charge in [-0.2, -0.15) is 26.3 Å². The van der Waals surface area contributed by atoms with Crippen molar-refractivity contribution in [3.8, 4) is 22.3 Å². The molecule has 4 heterocycles. The number of carbonyl (C=O) groups is 2. The first-order valence-corrected chi connectivity index (χ1v) is 32.8. The number of ether oxygens (including phenoxy) is 2. The van der Waals surface area contributed by atoms with Gasteiger partial charge in [0.15, 0.2) is 34.1 Å². The number of hydrogen-bond donors (Lipinski definition) is 0. The molecule has 2 aromatic heterocycles. The van der Waals surface area contributed by atoms with Gasteiger partial charge in [0.1, 0.15) is 13.1 Å². The molecule has 0 atom stereocenters. The number of alkyl halides is 6. The Kier molecular flexibility index (Phi) is 14.5. The zero-order chi connectivity index (χ0) is 108. The predicted molar refractivity (Wildman–Crippen MR) is 395 cm³/mol.